The van der Waals surface area contributed by atoms with E-state index in [9.17, 15) is 9.50 Å². The Morgan fingerprint density at radius 3 is 2.31 bits per heavy atom. The van der Waals surface area contributed by atoms with Gasteiger partial charge in [0.2, 0.25) is 0 Å². The van der Waals surface area contributed by atoms with Crippen LogP contribution < -0.4 is 0 Å². The minimum atomic E-state index is -1.81. The molecule has 1 N–H and O–H groups in total. The van der Waals surface area contributed by atoms with Crippen LogP contribution in [0.3, 0.4) is 0 Å². The highest BCUT2D eigenvalue weighted by atomic mass is 28.4. The maximum atomic E-state index is 13.2. The third-order valence-electron chi connectivity index (χ3n) is 3.23. The average Bonchev–Trinajstić information content (AvgIpc) is 2.14. The van der Waals surface area contributed by atoms with Gasteiger partial charge in [-0.25, -0.2) is 4.39 Å². The minimum Gasteiger partial charge on any atom is -0.413 e. The van der Waals surface area contributed by atoms with Crippen molar-refractivity contribution in [1.29, 1.82) is 0 Å². The second-order valence-corrected chi connectivity index (χ2v) is 10.4. The van der Waals surface area contributed by atoms with Crippen molar-refractivity contribution < 1.29 is 13.9 Å². The molecule has 2 nitrogen and oxygen atoms in total. The van der Waals surface area contributed by atoms with E-state index < -0.39 is 20.2 Å². The molecule has 0 aliphatic carbocycles. The average molecular weight is 248 g/mol. The number of hydrogen-bond acceptors (Lipinski definition) is 2. The van der Waals surface area contributed by atoms with E-state index >= 15 is 0 Å². The molecular formula is C12H25FO2Si. The van der Waals surface area contributed by atoms with Crippen LogP contribution >= 0.6 is 0 Å². The normalized spacial score (nSPS) is 16.4. The Hall–Kier alpha value is -0.193. The summed E-state index contributed by atoms with van der Waals surface area (Å²) in [6.45, 7) is 12.6. The van der Waals surface area contributed by atoms with Crippen molar-refractivity contribution in [1.82, 2.24) is 0 Å². The lowest BCUT2D eigenvalue weighted by Gasteiger charge is -2.35. The predicted octanol–water partition coefficient (Wildman–Crippen LogP) is 3.63. The molecule has 0 fully saturated rings. The SMILES string of the molecule is CCC(O)/C(F)=C/CO[Si](C)(C)C(C)(C)C. The van der Waals surface area contributed by atoms with Crippen LogP contribution in [0.15, 0.2) is 11.9 Å². The molecule has 16 heavy (non-hydrogen) atoms. The molecule has 0 aliphatic heterocycles. The van der Waals surface area contributed by atoms with E-state index in [1.54, 1.807) is 6.92 Å². The highest BCUT2D eigenvalue weighted by Crippen LogP contribution is 2.36. The van der Waals surface area contributed by atoms with E-state index in [1.807, 2.05) is 0 Å². The van der Waals surface area contributed by atoms with Crippen LogP contribution in [0.2, 0.25) is 18.1 Å². The molecule has 0 aromatic carbocycles. The molecule has 0 saturated carbocycles. The summed E-state index contributed by atoms with van der Waals surface area (Å²) in [6.07, 6.45) is 0.750. The van der Waals surface area contributed by atoms with Gasteiger partial charge in [0.1, 0.15) is 11.9 Å². The largest absolute Gasteiger partial charge is 0.413 e. The maximum absolute atomic E-state index is 13.2. The molecule has 0 rings (SSSR count). The quantitative estimate of drug-likeness (QED) is 0.753. The Bertz CT molecular complexity index is 244. The van der Waals surface area contributed by atoms with Gasteiger partial charge in [0.05, 0.1) is 6.61 Å². The van der Waals surface area contributed by atoms with E-state index in [0.717, 1.165) is 0 Å². The highest BCUT2D eigenvalue weighted by molar-refractivity contribution is 6.74. The summed E-state index contributed by atoms with van der Waals surface area (Å²) in [7, 11) is -1.81. The van der Waals surface area contributed by atoms with Gasteiger partial charge in [-0.3, -0.25) is 0 Å². The van der Waals surface area contributed by atoms with Gasteiger partial charge < -0.3 is 9.53 Å². The lowest BCUT2D eigenvalue weighted by atomic mass is 10.2. The predicted molar refractivity (Wildman–Crippen MR) is 68.6 cm³/mol. The van der Waals surface area contributed by atoms with E-state index in [0.29, 0.717) is 6.42 Å². The fourth-order valence-corrected chi connectivity index (χ4v) is 1.81. The van der Waals surface area contributed by atoms with Gasteiger partial charge in [-0.15, -0.1) is 0 Å². The van der Waals surface area contributed by atoms with Gasteiger partial charge in [0, 0.05) is 0 Å². The lowest BCUT2D eigenvalue weighted by Crippen LogP contribution is -2.40. The number of rotatable bonds is 5. The fraction of sp³-hybridized carbons (Fsp3) is 0.833. The van der Waals surface area contributed by atoms with Crippen LogP contribution in [0.1, 0.15) is 34.1 Å². The summed E-state index contributed by atoms with van der Waals surface area (Å²) in [5, 5.41) is 9.35. The molecule has 96 valence electrons. The highest BCUT2D eigenvalue weighted by Gasteiger charge is 2.36. The number of aliphatic hydroxyl groups excluding tert-OH is 1. The maximum Gasteiger partial charge on any atom is 0.192 e. The smallest absolute Gasteiger partial charge is 0.192 e. The van der Waals surface area contributed by atoms with Gasteiger partial charge in [-0.2, -0.15) is 0 Å². The van der Waals surface area contributed by atoms with Crippen molar-refractivity contribution in [3.63, 3.8) is 0 Å². The third-order valence-corrected chi connectivity index (χ3v) is 7.73. The summed E-state index contributed by atoms with van der Waals surface area (Å²) < 4.78 is 19.0. The zero-order valence-electron chi connectivity index (χ0n) is 11.3. The van der Waals surface area contributed by atoms with Gasteiger partial charge in [-0.1, -0.05) is 27.7 Å². The van der Waals surface area contributed by atoms with Crippen LogP contribution in [0.5, 0.6) is 0 Å². The first-order chi connectivity index (χ1) is 7.12. The molecule has 0 amide bonds. The van der Waals surface area contributed by atoms with Gasteiger partial charge >= 0.3 is 0 Å². The molecule has 0 radical (unpaired) electrons. The molecule has 0 heterocycles. The Morgan fingerprint density at radius 1 is 1.44 bits per heavy atom. The number of halogens is 1. The lowest BCUT2D eigenvalue weighted by molar-refractivity contribution is 0.176. The van der Waals surface area contributed by atoms with Crippen LogP contribution in [-0.4, -0.2) is 26.1 Å². The van der Waals surface area contributed by atoms with Crippen molar-refractivity contribution in [3.8, 4) is 0 Å². The standard InChI is InChI=1S/C12H25FO2Si/c1-7-11(14)10(13)8-9-15-16(5,6)12(2,3)4/h8,11,14H,7,9H2,1-6H3/b10-8-. The second-order valence-electron chi connectivity index (χ2n) is 5.58. The van der Waals surface area contributed by atoms with Crippen molar-refractivity contribution in [2.75, 3.05) is 6.61 Å². The molecule has 0 spiro atoms. The van der Waals surface area contributed by atoms with Crippen molar-refractivity contribution >= 4 is 8.32 Å². The van der Waals surface area contributed by atoms with Gasteiger partial charge in [-0.05, 0) is 30.6 Å². The Labute approximate surface area is 99.6 Å². The molecule has 0 saturated heterocycles. The topological polar surface area (TPSA) is 29.5 Å². The fourth-order valence-electron chi connectivity index (χ4n) is 0.877. The number of aliphatic hydroxyl groups is 1. The molecule has 0 aromatic rings. The third kappa shape index (κ3) is 4.76. The van der Waals surface area contributed by atoms with E-state index in [1.165, 1.54) is 6.08 Å². The van der Waals surface area contributed by atoms with Crippen LogP contribution in [0, 0.1) is 0 Å². The molecule has 1 unspecified atom stereocenters. The molecule has 0 aliphatic rings. The molecule has 0 bridgehead atoms. The molecule has 1 atom stereocenters. The molecule has 0 aromatic heterocycles. The van der Waals surface area contributed by atoms with Crippen molar-refractivity contribution in [3.05, 3.63) is 11.9 Å². The Kier molecular flexibility index (Phi) is 5.86. The van der Waals surface area contributed by atoms with E-state index in [4.69, 9.17) is 4.43 Å². The molecular weight excluding hydrogens is 223 g/mol. The Balaban J connectivity index is 4.27. The second kappa shape index (κ2) is 5.94. The Morgan fingerprint density at radius 2 is 1.94 bits per heavy atom. The zero-order valence-corrected chi connectivity index (χ0v) is 12.3. The monoisotopic (exact) mass is 248 g/mol. The van der Waals surface area contributed by atoms with Gasteiger partial charge in [0.15, 0.2) is 8.32 Å². The minimum absolute atomic E-state index is 0.126. The first-order valence-corrected chi connectivity index (χ1v) is 8.70. The van der Waals surface area contributed by atoms with Crippen LogP contribution in [0.25, 0.3) is 0 Å². The van der Waals surface area contributed by atoms with Gasteiger partial charge in [0.25, 0.3) is 0 Å². The summed E-state index contributed by atoms with van der Waals surface area (Å²) >= 11 is 0. The van der Waals surface area contributed by atoms with E-state index in [-0.39, 0.29) is 11.6 Å². The zero-order chi connectivity index (χ0) is 13.0. The summed E-state index contributed by atoms with van der Waals surface area (Å²) in [5.74, 6) is -0.485. The van der Waals surface area contributed by atoms with Crippen LogP contribution in [-0.2, 0) is 4.43 Å². The first-order valence-electron chi connectivity index (χ1n) is 5.79. The van der Waals surface area contributed by atoms with Crippen LogP contribution in [0.4, 0.5) is 4.39 Å². The van der Waals surface area contributed by atoms with Crippen molar-refractivity contribution in [2.24, 2.45) is 0 Å². The number of hydrogen-bond donors (Lipinski definition) is 1. The summed E-state index contributed by atoms with van der Waals surface area (Å²) in [6, 6.07) is 0. The van der Waals surface area contributed by atoms with E-state index in [2.05, 4.69) is 33.9 Å². The first kappa shape index (κ1) is 15.8. The molecule has 4 heteroatoms. The van der Waals surface area contributed by atoms with Crippen molar-refractivity contribution in [2.45, 2.75) is 58.4 Å². The summed E-state index contributed by atoms with van der Waals surface area (Å²) in [4.78, 5) is 0. The summed E-state index contributed by atoms with van der Waals surface area (Å²) in [5.41, 5.74) is 0.